The number of aromatic amines is 1. The Bertz CT molecular complexity index is 1270. The number of amides is 1. The first kappa shape index (κ1) is 23.6. The molecule has 0 aliphatic rings. The predicted octanol–water partition coefficient (Wildman–Crippen LogP) is 5.58. The van der Waals surface area contributed by atoms with Crippen molar-refractivity contribution in [1.29, 1.82) is 0 Å². The summed E-state index contributed by atoms with van der Waals surface area (Å²) < 4.78 is 10.6. The number of nitrogens with one attached hydrogen (secondary N) is 2. The number of H-pyrrole nitrogens is 1. The number of nitrogens with zero attached hydrogens (tertiary/aromatic N) is 1. The van der Waals surface area contributed by atoms with Crippen LogP contribution >= 0.6 is 11.6 Å². The number of hydrogen-bond acceptors (Lipinski definition) is 4. The van der Waals surface area contributed by atoms with E-state index in [1.165, 1.54) is 0 Å². The van der Waals surface area contributed by atoms with E-state index in [1.54, 1.807) is 20.4 Å². The number of hydrogen-bond donors (Lipinski definition) is 2. The van der Waals surface area contributed by atoms with Gasteiger partial charge in [0.15, 0.2) is 11.5 Å². The van der Waals surface area contributed by atoms with Crippen LogP contribution in [0.5, 0.6) is 11.5 Å². The maximum absolute atomic E-state index is 12.5. The molecule has 0 saturated heterocycles. The molecule has 2 N–H and O–H groups in total. The van der Waals surface area contributed by atoms with E-state index in [1.807, 2.05) is 54.6 Å². The summed E-state index contributed by atoms with van der Waals surface area (Å²) in [5.74, 6) is 1.42. The van der Waals surface area contributed by atoms with Crippen LogP contribution in [0, 0.1) is 0 Å². The van der Waals surface area contributed by atoms with Crippen molar-refractivity contribution in [1.82, 2.24) is 15.3 Å². The molecule has 0 aliphatic carbocycles. The molecule has 0 bridgehead atoms. The van der Waals surface area contributed by atoms with E-state index >= 15 is 0 Å². The van der Waals surface area contributed by atoms with Crippen LogP contribution in [0.4, 0.5) is 0 Å². The molecule has 4 aromatic rings. The molecule has 0 fully saturated rings. The number of methoxy groups -OCH3 is 2. The highest BCUT2D eigenvalue weighted by Gasteiger charge is 2.15. The Balaban J connectivity index is 1.35. The number of halogens is 1. The molecule has 6 nitrogen and oxygen atoms in total. The Morgan fingerprint density at radius 3 is 2.65 bits per heavy atom. The van der Waals surface area contributed by atoms with Gasteiger partial charge < -0.3 is 19.8 Å². The molecule has 2 heterocycles. The van der Waals surface area contributed by atoms with E-state index in [-0.39, 0.29) is 5.91 Å². The van der Waals surface area contributed by atoms with Crippen molar-refractivity contribution >= 4 is 28.4 Å². The summed E-state index contributed by atoms with van der Waals surface area (Å²) in [6, 6.07) is 17.5. The molecule has 0 unspecified atom stereocenters. The zero-order valence-corrected chi connectivity index (χ0v) is 20.1. The average Bonchev–Trinajstić information content (AvgIpc) is 3.22. The highest BCUT2D eigenvalue weighted by atomic mass is 35.5. The Morgan fingerprint density at radius 2 is 1.88 bits per heavy atom. The summed E-state index contributed by atoms with van der Waals surface area (Å²) >= 11 is 6.27. The third-order valence-corrected chi connectivity index (χ3v) is 6.04. The van der Waals surface area contributed by atoms with Crippen LogP contribution in [-0.2, 0) is 17.6 Å². The van der Waals surface area contributed by atoms with Gasteiger partial charge in [0.25, 0.3) is 0 Å². The van der Waals surface area contributed by atoms with E-state index in [0.29, 0.717) is 29.5 Å². The van der Waals surface area contributed by atoms with Gasteiger partial charge >= 0.3 is 0 Å². The molecular formula is C27H28ClN3O3. The second-order valence-corrected chi connectivity index (χ2v) is 8.46. The second kappa shape index (κ2) is 11.1. The molecule has 2 aromatic carbocycles. The monoisotopic (exact) mass is 477 g/mol. The van der Waals surface area contributed by atoms with E-state index in [0.717, 1.165) is 52.7 Å². The SMILES string of the molecule is COc1ccc(CCNC(=O)CCCc2c(-c3ccccn3)[nH]c3ccc(Cl)cc23)cc1OC. The zero-order valence-electron chi connectivity index (χ0n) is 19.4. The maximum Gasteiger partial charge on any atom is 0.220 e. The van der Waals surface area contributed by atoms with Crippen LogP contribution in [0.2, 0.25) is 5.02 Å². The molecule has 34 heavy (non-hydrogen) atoms. The Kier molecular flexibility index (Phi) is 7.70. The molecule has 0 atom stereocenters. The van der Waals surface area contributed by atoms with Crippen molar-refractivity contribution in [3.05, 3.63) is 76.9 Å². The van der Waals surface area contributed by atoms with Gasteiger partial charge in [-0.2, -0.15) is 0 Å². The lowest BCUT2D eigenvalue weighted by molar-refractivity contribution is -0.121. The topological polar surface area (TPSA) is 76.2 Å². The van der Waals surface area contributed by atoms with E-state index in [9.17, 15) is 4.79 Å². The highest BCUT2D eigenvalue weighted by molar-refractivity contribution is 6.31. The van der Waals surface area contributed by atoms with Crippen LogP contribution in [-0.4, -0.2) is 36.6 Å². The maximum atomic E-state index is 12.5. The number of benzene rings is 2. The van der Waals surface area contributed by atoms with Crippen LogP contribution in [0.25, 0.3) is 22.3 Å². The van der Waals surface area contributed by atoms with Crippen molar-refractivity contribution in [2.45, 2.75) is 25.7 Å². The number of carbonyl (C=O) groups is 1. The highest BCUT2D eigenvalue weighted by Crippen LogP contribution is 2.32. The molecule has 7 heteroatoms. The zero-order chi connectivity index (χ0) is 23.9. The van der Waals surface area contributed by atoms with Gasteiger partial charge in [-0.1, -0.05) is 23.7 Å². The number of ether oxygens (including phenoxy) is 2. The first-order chi connectivity index (χ1) is 16.6. The number of aromatic nitrogens is 2. The quantitative estimate of drug-likeness (QED) is 0.312. The van der Waals surface area contributed by atoms with Crippen molar-refractivity contribution in [2.75, 3.05) is 20.8 Å². The Morgan fingerprint density at radius 1 is 1.03 bits per heavy atom. The number of pyridine rings is 1. The standard InChI is InChI=1S/C27H28ClN3O3/c1-33-24-12-9-18(16-25(24)34-2)13-15-30-26(32)8-5-6-20-21-17-19(28)10-11-22(21)31-27(20)23-7-3-4-14-29-23/h3-4,7,9-12,14,16-17,31H,5-6,8,13,15H2,1-2H3,(H,30,32). The molecule has 0 radical (unpaired) electrons. The minimum Gasteiger partial charge on any atom is -0.493 e. The van der Waals surface area contributed by atoms with Crippen molar-refractivity contribution in [2.24, 2.45) is 0 Å². The minimum atomic E-state index is 0.0396. The fourth-order valence-corrected chi connectivity index (χ4v) is 4.28. The summed E-state index contributed by atoms with van der Waals surface area (Å²) in [5.41, 5.74) is 5.08. The molecular weight excluding hydrogens is 450 g/mol. The van der Waals surface area contributed by atoms with Crippen molar-refractivity contribution in [3.63, 3.8) is 0 Å². The van der Waals surface area contributed by atoms with Gasteiger partial charge in [-0.25, -0.2) is 0 Å². The molecule has 1 amide bonds. The van der Waals surface area contributed by atoms with Gasteiger partial charge in [0.1, 0.15) is 0 Å². The van der Waals surface area contributed by atoms with Crippen LogP contribution in [0.3, 0.4) is 0 Å². The summed E-state index contributed by atoms with van der Waals surface area (Å²) in [7, 11) is 3.23. The first-order valence-corrected chi connectivity index (χ1v) is 11.7. The molecule has 0 saturated carbocycles. The van der Waals surface area contributed by atoms with Gasteiger partial charge in [-0.15, -0.1) is 0 Å². The number of carbonyl (C=O) groups excluding carboxylic acids is 1. The summed E-state index contributed by atoms with van der Waals surface area (Å²) in [5, 5.41) is 4.78. The Labute approximate surface area is 204 Å². The molecule has 4 rings (SSSR count). The number of fused-ring (bicyclic) bond motifs is 1. The second-order valence-electron chi connectivity index (χ2n) is 8.03. The van der Waals surface area contributed by atoms with E-state index in [4.69, 9.17) is 21.1 Å². The minimum absolute atomic E-state index is 0.0396. The lowest BCUT2D eigenvalue weighted by Gasteiger charge is -2.10. The van der Waals surface area contributed by atoms with Gasteiger partial charge in [0.2, 0.25) is 5.91 Å². The van der Waals surface area contributed by atoms with Gasteiger partial charge in [-0.3, -0.25) is 9.78 Å². The first-order valence-electron chi connectivity index (χ1n) is 11.3. The fourth-order valence-electron chi connectivity index (χ4n) is 4.11. The summed E-state index contributed by atoms with van der Waals surface area (Å²) in [6.07, 6.45) is 4.41. The predicted molar refractivity (Wildman–Crippen MR) is 136 cm³/mol. The molecule has 2 aromatic heterocycles. The van der Waals surface area contributed by atoms with Crippen LogP contribution < -0.4 is 14.8 Å². The lowest BCUT2D eigenvalue weighted by Crippen LogP contribution is -2.25. The van der Waals surface area contributed by atoms with E-state index in [2.05, 4.69) is 15.3 Å². The number of aryl methyl sites for hydroxylation is 1. The van der Waals surface area contributed by atoms with Crippen molar-refractivity contribution < 1.29 is 14.3 Å². The summed E-state index contributed by atoms with van der Waals surface area (Å²) in [4.78, 5) is 20.4. The van der Waals surface area contributed by atoms with Gasteiger partial charge in [0.05, 0.1) is 25.6 Å². The van der Waals surface area contributed by atoms with E-state index < -0.39 is 0 Å². The fraction of sp³-hybridized carbons (Fsp3) is 0.259. The lowest BCUT2D eigenvalue weighted by atomic mass is 10.0. The summed E-state index contributed by atoms with van der Waals surface area (Å²) in [6.45, 7) is 0.566. The normalized spacial score (nSPS) is 10.9. The smallest absolute Gasteiger partial charge is 0.220 e. The van der Waals surface area contributed by atoms with Crippen LogP contribution in [0.15, 0.2) is 60.8 Å². The van der Waals surface area contributed by atoms with Gasteiger partial charge in [0, 0.05) is 35.1 Å². The van der Waals surface area contributed by atoms with Gasteiger partial charge in [-0.05, 0) is 72.9 Å². The molecule has 176 valence electrons. The number of rotatable bonds is 10. The Hall–Kier alpha value is -3.51. The van der Waals surface area contributed by atoms with Crippen LogP contribution in [0.1, 0.15) is 24.0 Å². The largest absolute Gasteiger partial charge is 0.493 e. The molecule has 0 spiro atoms. The van der Waals surface area contributed by atoms with Crippen molar-refractivity contribution in [3.8, 4) is 22.9 Å². The third-order valence-electron chi connectivity index (χ3n) is 5.80. The third kappa shape index (κ3) is 5.51. The molecule has 0 aliphatic heterocycles. The average molecular weight is 478 g/mol.